The fraction of sp³-hybridized carbons (Fsp3) is 0.0667. The summed E-state index contributed by atoms with van der Waals surface area (Å²) in [6.07, 6.45) is 0. The lowest BCUT2D eigenvalue weighted by atomic mass is 10.1. The molecule has 4 nitrogen and oxygen atoms in total. The summed E-state index contributed by atoms with van der Waals surface area (Å²) in [5.41, 5.74) is 0.693. The SMILES string of the molecule is Cc1c(NC(=O)c2c(F)cccc2Br)cccc1C(=O)O. The van der Waals surface area contributed by atoms with Crippen LogP contribution in [0.2, 0.25) is 0 Å². The van der Waals surface area contributed by atoms with Crippen LogP contribution in [0.25, 0.3) is 0 Å². The molecular formula is C15H11BrFNO3. The van der Waals surface area contributed by atoms with Crippen molar-refractivity contribution in [1.29, 1.82) is 0 Å². The van der Waals surface area contributed by atoms with Gasteiger partial charge in [0.15, 0.2) is 0 Å². The van der Waals surface area contributed by atoms with E-state index in [2.05, 4.69) is 21.2 Å². The number of anilines is 1. The highest BCUT2D eigenvalue weighted by Crippen LogP contribution is 2.23. The van der Waals surface area contributed by atoms with Gasteiger partial charge in [0.1, 0.15) is 5.82 Å². The van der Waals surface area contributed by atoms with E-state index in [1.54, 1.807) is 19.1 Å². The molecule has 0 heterocycles. The number of halogens is 2. The number of carboxylic acids is 1. The van der Waals surface area contributed by atoms with Gasteiger partial charge in [0.05, 0.1) is 11.1 Å². The molecule has 108 valence electrons. The van der Waals surface area contributed by atoms with Crippen LogP contribution in [0.4, 0.5) is 10.1 Å². The third-order valence-electron chi connectivity index (χ3n) is 3.00. The standard InChI is InChI=1S/C15H11BrFNO3/c1-8-9(15(20)21)4-2-7-12(8)18-14(19)13-10(16)5-3-6-11(13)17/h2-7H,1H3,(H,18,19)(H,20,21). The summed E-state index contributed by atoms with van der Waals surface area (Å²) in [6.45, 7) is 1.58. The highest BCUT2D eigenvalue weighted by atomic mass is 79.9. The lowest BCUT2D eigenvalue weighted by Crippen LogP contribution is -2.16. The predicted molar refractivity (Wildman–Crippen MR) is 80.2 cm³/mol. The quantitative estimate of drug-likeness (QED) is 0.882. The largest absolute Gasteiger partial charge is 0.478 e. The summed E-state index contributed by atoms with van der Waals surface area (Å²) in [5, 5.41) is 11.6. The van der Waals surface area contributed by atoms with Gasteiger partial charge in [-0.05, 0) is 52.7 Å². The van der Waals surface area contributed by atoms with Crippen molar-refractivity contribution < 1.29 is 19.1 Å². The van der Waals surface area contributed by atoms with Crippen LogP contribution < -0.4 is 5.32 Å². The maximum atomic E-state index is 13.7. The minimum absolute atomic E-state index is 0.0837. The molecule has 0 aliphatic rings. The number of carbonyl (C=O) groups is 2. The molecule has 0 aliphatic carbocycles. The molecule has 2 N–H and O–H groups in total. The molecule has 0 saturated heterocycles. The molecule has 0 unspecified atom stereocenters. The number of carbonyl (C=O) groups excluding carboxylic acids is 1. The second kappa shape index (κ2) is 6.05. The summed E-state index contributed by atoms with van der Waals surface area (Å²) >= 11 is 3.12. The van der Waals surface area contributed by atoms with Crippen molar-refractivity contribution in [2.45, 2.75) is 6.92 Å². The summed E-state index contributed by atoms with van der Waals surface area (Å²) < 4.78 is 14.1. The summed E-state index contributed by atoms with van der Waals surface area (Å²) in [6, 6.07) is 8.73. The van der Waals surface area contributed by atoms with Gasteiger partial charge < -0.3 is 10.4 Å². The minimum atomic E-state index is -1.09. The molecule has 2 aromatic rings. The third-order valence-corrected chi connectivity index (χ3v) is 3.66. The van der Waals surface area contributed by atoms with E-state index in [0.717, 1.165) is 0 Å². The van der Waals surface area contributed by atoms with Crippen LogP contribution in [0.5, 0.6) is 0 Å². The number of hydrogen-bond donors (Lipinski definition) is 2. The minimum Gasteiger partial charge on any atom is -0.478 e. The van der Waals surface area contributed by atoms with Gasteiger partial charge in [-0.25, -0.2) is 9.18 Å². The number of benzene rings is 2. The van der Waals surface area contributed by atoms with Crippen molar-refractivity contribution >= 4 is 33.5 Å². The normalized spacial score (nSPS) is 10.2. The maximum absolute atomic E-state index is 13.7. The lowest BCUT2D eigenvalue weighted by molar-refractivity contribution is 0.0695. The Morgan fingerprint density at radius 1 is 1.19 bits per heavy atom. The zero-order chi connectivity index (χ0) is 15.6. The van der Waals surface area contributed by atoms with Crippen molar-refractivity contribution in [3.05, 3.63) is 63.4 Å². The Bertz CT molecular complexity index is 711. The lowest BCUT2D eigenvalue weighted by Gasteiger charge is -2.11. The second-order valence-electron chi connectivity index (χ2n) is 4.33. The highest BCUT2D eigenvalue weighted by molar-refractivity contribution is 9.10. The first-order valence-corrected chi connectivity index (χ1v) is 6.79. The number of nitrogens with one attached hydrogen (secondary N) is 1. The Labute approximate surface area is 128 Å². The van der Waals surface area contributed by atoms with Gasteiger partial charge >= 0.3 is 5.97 Å². The van der Waals surface area contributed by atoms with Crippen molar-refractivity contribution in [3.8, 4) is 0 Å². The molecule has 0 atom stereocenters. The smallest absolute Gasteiger partial charge is 0.336 e. The molecule has 1 amide bonds. The average Bonchev–Trinajstić information content (AvgIpc) is 2.40. The Kier molecular flexibility index (Phi) is 4.37. The van der Waals surface area contributed by atoms with Crippen LogP contribution in [0.3, 0.4) is 0 Å². The van der Waals surface area contributed by atoms with Crippen LogP contribution >= 0.6 is 15.9 Å². The third kappa shape index (κ3) is 3.11. The monoisotopic (exact) mass is 351 g/mol. The Hall–Kier alpha value is -2.21. The van der Waals surface area contributed by atoms with Gasteiger partial charge in [-0.15, -0.1) is 0 Å². The molecule has 21 heavy (non-hydrogen) atoms. The van der Waals surface area contributed by atoms with Gasteiger partial charge in [-0.2, -0.15) is 0 Å². The van der Waals surface area contributed by atoms with E-state index in [0.29, 0.717) is 15.7 Å². The second-order valence-corrected chi connectivity index (χ2v) is 5.19. The number of hydrogen-bond acceptors (Lipinski definition) is 2. The van der Waals surface area contributed by atoms with E-state index >= 15 is 0 Å². The topological polar surface area (TPSA) is 66.4 Å². The van der Waals surface area contributed by atoms with Crippen LogP contribution in [0.1, 0.15) is 26.3 Å². The van der Waals surface area contributed by atoms with Crippen molar-refractivity contribution in [1.82, 2.24) is 0 Å². The van der Waals surface area contributed by atoms with Gasteiger partial charge in [0.2, 0.25) is 0 Å². The zero-order valence-corrected chi connectivity index (χ0v) is 12.6. The molecule has 6 heteroatoms. The van der Waals surface area contributed by atoms with Crippen molar-refractivity contribution in [2.24, 2.45) is 0 Å². The van der Waals surface area contributed by atoms with E-state index < -0.39 is 17.7 Å². The first-order valence-electron chi connectivity index (χ1n) is 6.00. The first-order chi connectivity index (χ1) is 9.91. The van der Waals surface area contributed by atoms with Crippen molar-refractivity contribution in [2.75, 3.05) is 5.32 Å². The van der Waals surface area contributed by atoms with Gasteiger partial charge in [0.25, 0.3) is 5.91 Å². The van der Waals surface area contributed by atoms with E-state index in [-0.39, 0.29) is 11.1 Å². The number of aromatic carboxylic acids is 1. The first kappa shape index (κ1) is 15.2. The Balaban J connectivity index is 2.37. The molecule has 0 aromatic heterocycles. The van der Waals surface area contributed by atoms with Crippen molar-refractivity contribution in [3.63, 3.8) is 0 Å². The molecule has 0 bridgehead atoms. The molecule has 0 radical (unpaired) electrons. The number of rotatable bonds is 3. The zero-order valence-electron chi connectivity index (χ0n) is 11.0. The van der Waals surface area contributed by atoms with Crippen LogP contribution in [0.15, 0.2) is 40.9 Å². The molecular weight excluding hydrogens is 341 g/mol. The van der Waals surface area contributed by atoms with E-state index in [4.69, 9.17) is 5.11 Å². The van der Waals surface area contributed by atoms with Gasteiger partial charge in [-0.1, -0.05) is 12.1 Å². The van der Waals surface area contributed by atoms with Gasteiger partial charge in [0, 0.05) is 10.2 Å². The van der Waals surface area contributed by atoms with E-state index in [1.807, 2.05) is 0 Å². The van der Waals surface area contributed by atoms with Crippen LogP contribution in [-0.2, 0) is 0 Å². The molecule has 2 aromatic carbocycles. The summed E-state index contributed by atoms with van der Waals surface area (Å²) in [4.78, 5) is 23.2. The molecule has 0 fully saturated rings. The van der Waals surface area contributed by atoms with E-state index in [1.165, 1.54) is 24.3 Å². The molecule has 0 saturated carbocycles. The Morgan fingerprint density at radius 2 is 1.86 bits per heavy atom. The number of amides is 1. The summed E-state index contributed by atoms with van der Waals surface area (Å²) in [7, 11) is 0. The fourth-order valence-electron chi connectivity index (χ4n) is 1.90. The Morgan fingerprint density at radius 3 is 2.48 bits per heavy atom. The van der Waals surface area contributed by atoms with Crippen LogP contribution in [-0.4, -0.2) is 17.0 Å². The fourth-order valence-corrected chi connectivity index (χ4v) is 2.42. The molecule has 0 spiro atoms. The molecule has 0 aliphatic heterocycles. The summed E-state index contributed by atoms with van der Waals surface area (Å²) in [5.74, 6) is -2.39. The maximum Gasteiger partial charge on any atom is 0.336 e. The van der Waals surface area contributed by atoms with E-state index in [9.17, 15) is 14.0 Å². The van der Waals surface area contributed by atoms with Gasteiger partial charge in [-0.3, -0.25) is 4.79 Å². The average molecular weight is 352 g/mol. The number of carboxylic acid groups (broad SMARTS) is 1. The predicted octanol–water partition coefficient (Wildman–Crippen LogP) is 3.85. The highest BCUT2D eigenvalue weighted by Gasteiger charge is 2.17. The molecule has 2 rings (SSSR count). The van der Waals surface area contributed by atoms with Crippen LogP contribution in [0, 0.1) is 12.7 Å².